The van der Waals surface area contributed by atoms with Crippen molar-refractivity contribution < 1.29 is 9.32 Å². The van der Waals surface area contributed by atoms with Crippen LogP contribution in [0.15, 0.2) is 16.8 Å². The van der Waals surface area contributed by atoms with E-state index in [0.717, 1.165) is 0 Å². The lowest BCUT2D eigenvalue weighted by Gasteiger charge is -2.05. The van der Waals surface area contributed by atoms with Gasteiger partial charge >= 0.3 is 0 Å². The van der Waals surface area contributed by atoms with Gasteiger partial charge in [-0.1, -0.05) is 5.16 Å². The van der Waals surface area contributed by atoms with E-state index in [0.29, 0.717) is 12.8 Å². The molecule has 1 aliphatic rings. The van der Waals surface area contributed by atoms with E-state index >= 15 is 0 Å². The molecule has 1 amide bonds. The molecule has 2 rings (SSSR count). The monoisotopic (exact) mass is 177 g/mol. The molecule has 13 heavy (non-hydrogen) atoms. The van der Waals surface area contributed by atoms with Crippen molar-refractivity contribution in [3.05, 3.63) is 18.0 Å². The number of nitriles is 1. The quantitative estimate of drug-likeness (QED) is 0.711. The fourth-order valence-corrected chi connectivity index (χ4v) is 1.00. The number of nitrogens with zero attached hydrogens (tertiary/aromatic N) is 2. The highest BCUT2D eigenvalue weighted by Gasteiger charge is 2.45. The lowest BCUT2D eigenvalue weighted by molar-refractivity contribution is 0.0904. The summed E-state index contributed by atoms with van der Waals surface area (Å²) in [6.45, 7) is 0. The van der Waals surface area contributed by atoms with Crippen LogP contribution in [-0.4, -0.2) is 16.6 Å². The Balaban J connectivity index is 2.05. The molecule has 0 saturated heterocycles. The summed E-state index contributed by atoms with van der Waals surface area (Å²) in [7, 11) is 0. The summed E-state index contributed by atoms with van der Waals surface area (Å²) < 4.78 is 4.64. The van der Waals surface area contributed by atoms with Crippen molar-refractivity contribution in [2.75, 3.05) is 0 Å². The minimum absolute atomic E-state index is 0.140. The van der Waals surface area contributed by atoms with E-state index in [1.54, 1.807) is 0 Å². The van der Waals surface area contributed by atoms with Crippen molar-refractivity contribution in [2.45, 2.75) is 18.4 Å². The van der Waals surface area contributed by atoms with Gasteiger partial charge in [-0.05, 0) is 12.8 Å². The van der Waals surface area contributed by atoms with Gasteiger partial charge in [-0.2, -0.15) is 5.26 Å². The normalized spacial score (nSPS) is 17.5. The molecule has 5 nitrogen and oxygen atoms in total. The van der Waals surface area contributed by atoms with Crippen LogP contribution in [0.1, 0.15) is 23.4 Å². The van der Waals surface area contributed by atoms with Crippen LogP contribution in [0.5, 0.6) is 0 Å². The second-order valence-electron chi connectivity index (χ2n) is 3.02. The van der Waals surface area contributed by atoms with Crippen molar-refractivity contribution in [2.24, 2.45) is 0 Å². The number of nitrogens with one attached hydrogen (secondary N) is 1. The summed E-state index contributed by atoms with van der Waals surface area (Å²) >= 11 is 0. The lowest BCUT2D eigenvalue weighted by Crippen LogP contribution is -2.35. The first-order chi connectivity index (χ1) is 6.26. The van der Waals surface area contributed by atoms with Gasteiger partial charge in [-0.25, -0.2) is 0 Å². The second kappa shape index (κ2) is 2.59. The Kier molecular flexibility index (Phi) is 1.55. The highest BCUT2D eigenvalue weighted by atomic mass is 16.5. The van der Waals surface area contributed by atoms with E-state index in [2.05, 4.69) is 21.1 Å². The number of hydrogen-bond acceptors (Lipinski definition) is 4. The number of carbonyl (C=O) groups is 1. The molecule has 1 fully saturated rings. The Hall–Kier alpha value is -1.83. The van der Waals surface area contributed by atoms with Gasteiger partial charge in [0, 0.05) is 6.07 Å². The summed E-state index contributed by atoms with van der Waals surface area (Å²) in [5, 5.41) is 14.7. The molecule has 1 heterocycles. The van der Waals surface area contributed by atoms with Gasteiger partial charge in [0.15, 0.2) is 0 Å². The van der Waals surface area contributed by atoms with Crippen molar-refractivity contribution in [1.82, 2.24) is 10.5 Å². The van der Waals surface area contributed by atoms with Crippen LogP contribution in [0.2, 0.25) is 0 Å². The average Bonchev–Trinajstić information content (AvgIpc) is 2.69. The van der Waals surface area contributed by atoms with E-state index in [-0.39, 0.29) is 11.7 Å². The van der Waals surface area contributed by atoms with Crippen LogP contribution >= 0.6 is 0 Å². The molecule has 1 aliphatic carbocycles. The molecule has 0 aliphatic heterocycles. The van der Waals surface area contributed by atoms with Gasteiger partial charge in [0.1, 0.15) is 5.54 Å². The molecule has 0 spiro atoms. The van der Waals surface area contributed by atoms with E-state index in [1.165, 1.54) is 12.3 Å². The smallest absolute Gasteiger partial charge is 0.291 e. The zero-order valence-corrected chi connectivity index (χ0v) is 6.78. The Morgan fingerprint density at radius 2 is 2.54 bits per heavy atom. The summed E-state index contributed by atoms with van der Waals surface area (Å²) in [5.41, 5.74) is -0.649. The molecule has 0 aromatic carbocycles. The molecule has 66 valence electrons. The lowest BCUT2D eigenvalue weighted by atomic mass is 10.3. The van der Waals surface area contributed by atoms with E-state index < -0.39 is 5.54 Å². The maximum atomic E-state index is 11.3. The van der Waals surface area contributed by atoms with Crippen LogP contribution in [0.25, 0.3) is 0 Å². The zero-order valence-electron chi connectivity index (χ0n) is 6.78. The molecule has 1 aromatic rings. The molecule has 0 atom stereocenters. The van der Waals surface area contributed by atoms with Crippen LogP contribution in [0.4, 0.5) is 0 Å². The molecule has 1 aromatic heterocycles. The van der Waals surface area contributed by atoms with E-state index in [4.69, 9.17) is 5.26 Å². The van der Waals surface area contributed by atoms with Crippen LogP contribution < -0.4 is 5.32 Å². The first-order valence-corrected chi connectivity index (χ1v) is 3.90. The summed E-state index contributed by atoms with van der Waals surface area (Å²) in [6.07, 6.45) is 2.81. The van der Waals surface area contributed by atoms with Crippen molar-refractivity contribution in [3.8, 4) is 6.07 Å². The molecule has 1 saturated carbocycles. The third kappa shape index (κ3) is 1.38. The van der Waals surface area contributed by atoms with E-state index in [9.17, 15) is 4.79 Å². The van der Waals surface area contributed by atoms with Crippen LogP contribution in [0, 0.1) is 11.3 Å². The number of aromatic nitrogens is 1. The Bertz CT molecular complexity index is 359. The predicted molar refractivity (Wildman–Crippen MR) is 41.5 cm³/mol. The maximum Gasteiger partial charge on any atom is 0.291 e. The molecular formula is C8H7N3O2. The minimum Gasteiger partial charge on any atom is -0.351 e. The van der Waals surface area contributed by atoms with Crippen LogP contribution in [-0.2, 0) is 0 Å². The highest BCUT2D eigenvalue weighted by molar-refractivity contribution is 5.92. The van der Waals surface area contributed by atoms with Gasteiger partial charge in [0.2, 0.25) is 5.76 Å². The average molecular weight is 177 g/mol. The maximum absolute atomic E-state index is 11.3. The largest absolute Gasteiger partial charge is 0.351 e. The second-order valence-corrected chi connectivity index (χ2v) is 3.02. The summed E-state index contributed by atoms with van der Waals surface area (Å²) in [5.74, 6) is -0.238. The van der Waals surface area contributed by atoms with Gasteiger partial charge in [-0.3, -0.25) is 4.79 Å². The Morgan fingerprint density at radius 1 is 1.77 bits per heavy atom. The molecular weight excluding hydrogens is 170 g/mol. The standard InChI is InChI=1S/C8H7N3O2/c9-5-8(2-3-8)11-7(12)6-1-4-10-13-6/h1,4H,2-3H2,(H,11,12). The predicted octanol–water partition coefficient (Wildman–Crippen LogP) is 0.461. The van der Waals surface area contributed by atoms with Crippen molar-refractivity contribution >= 4 is 5.91 Å². The Labute approximate surface area is 74.3 Å². The fraction of sp³-hybridized carbons (Fsp3) is 0.375. The zero-order chi connectivity index (χ0) is 9.31. The number of amides is 1. The van der Waals surface area contributed by atoms with Crippen molar-refractivity contribution in [3.63, 3.8) is 0 Å². The van der Waals surface area contributed by atoms with Crippen LogP contribution in [0.3, 0.4) is 0 Å². The molecule has 0 unspecified atom stereocenters. The number of carbonyl (C=O) groups excluding carboxylic acids is 1. The fourth-order valence-electron chi connectivity index (χ4n) is 1.00. The summed E-state index contributed by atoms with van der Waals surface area (Å²) in [6, 6.07) is 3.51. The van der Waals surface area contributed by atoms with E-state index in [1.807, 2.05) is 0 Å². The number of hydrogen-bond donors (Lipinski definition) is 1. The highest BCUT2D eigenvalue weighted by Crippen LogP contribution is 2.34. The SMILES string of the molecule is N#CC1(NC(=O)c2ccno2)CC1. The molecule has 5 heteroatoms. The van der Waals surface area contributed by atoms with Gasteiger partial charge in [0.25, 0.3) is 5.91 Å². The first-order valence-electron chi connectivity index (χ1n) is 3.90. The summed E-state index contributed by atoms with van der Waals surface area (Å²) in [4.78, 5) is 11.3. The number of rotatable bonds is 2. The first kappa shape index (κ1) is 7.80. The van der Waals surface area contributed by atoms with Gasteiger partial charge in [0.05, 0.1) is 12.3 Å². The third-order valence-corrected chi connectivity index (χ3v) is 1.98. The van der Waals surface area contributed by atoms with Crippen molar-refractivity contribution in [1.29, 1.82) is 5.26 Å². The third-order valence-electron chi connectivity index (χ3n) is 1.98. The molecule has 1 N–H and O–H groups in total. The molecule has 0 radical (unpaired) electrons. The van der Waals surface area contributed by atoms with Gasteiger partial charge in [-0.15, -0.1) is 0 Å². The molecule has 0 bridgehead atoms. The van der Waals surface area contributed by atoms with Gasteiger partial charge < -0.3 is 9.84 Å². The topological polar surface area (TPSA) is 78.9 Å². The Morgan fingerprint density at radius 3 is 3.00 bits per heavy atom. The minimum atomic E-state index is -0.649.